The van der Waals surface area contributed by atoms with E-state index in [0.717, 1.165) is 29.8 Å². The molecule has 7 heteroatoms. The summed E-state index contributed by atoms with van der Waals surface area (Å²) in [6.45, 7) is 2.55. The SMILES string of the molecule is Cc1nc(C2CCCN2C(=O)c2cccc(Oc3ccccc3)c2)nc2c1CC(=O)N2C. The van der Waals surface area contributed by atoms with Crippen LogP contribution >= 0.6 is 0 Å². The van der Waals surface area contributed by atoms with Crippen LogP contribution in [0.4, 0.5) is 5.82 Å². The summed E-state index contributed by atoms with van der Waals surface area (Å²) in [5.74, 6) is 2.54. The zero-order valence-electron chi connectivity index (χ0n) is 18.1. The fourth-order valence-corrected chi connectivity index (χ4v) is 4.38. The average molecular weight is 428 g/mol. The number of nitrogens with zero attached hydrogens (tertiary/aromatic N) is 4. The van der Waals surface area contributed by atoms with Crippen LogP contribution in [0.15, 0.2) is 54.6 Å². The Bertz CT molecular complexity index is 1200. The topological polar surface area (TPSA) is 75.6 Å². The number of hydrogen-bond donors (Lipinski definition) is 0. The van der Waals surface area contributed by atoms with Gasteiger partial charge in [-0.3, -0.25) is 14.5 Å². The minimum atomic E-state index is -0.214. The van der Waals surface area contributed by atoms with Crippen molar-refractivity contribution in [1.82, 2.24) is 14.9 Å². The lowest BCUT2D eigenvalue weighted by atomic mass is 10.1. The number of amides is 2. The lowest BCUT2D eigenvalue weighted by Gasteiger charge is -2.25. The highest BCUT2D eigenvalue weighted by atomic mass is 16.5. The number of para-hydroxylation sites is 1. The van der Waals surface area contributed by atoms with Gasteiger partial charge in [-0.1, -0.05) is 24.3 Å². The number of likely N-dealkylation sites (tertiary alicyclic amines) is 1. The van der Waals surface area contributed by atoms with Gasteiger partial charge in [0.1, 0.15) is 17.3 Å². The number of ether oxygens (including phenoxy) is 1. The number of hydrogen-bond acceptors (Lipinski definition) is 5. The Kier molecular flexibility index (Phi) is 5.09. The summed E-state index contributed by atoms with van der Waals surface area (Å²) in [5.41, 5.74) is 2.25. The van der Waals surface area contributed by atoms with Gasteiger partial charge in [0, 0.05) is 30.4 Å². The largest absolute Gasteiger partial charge is 0.457 e. The smallest absolute Gasteiger partial charge is 0.254 e. The van der Waals surface area contributed by atoms with Crippen molar-refractivity contribution < 1.29 is 14.3 Å². The van der Waals surface area contributed by atoms with E-state index < -0.39 is 0 Å². The first-order valence-electron chi connectivity index (χ1n) is 10.8. The van der Waals surface area contributed by atoms with Crippen molar-refractivity contribution in [3.05, 3.63) is 77.2 Å². The van der Waals surface area contributed by atoms with E-state index in [0.29, 0.717) is 35.9 Å². The van der Waals surface area contributed by atoms with E-state index in [-0.39, 0.29) is 17.9 Å². The molecule has 0 spiro atoms. The van der Waals surface area contributed by atoms with E-state index in [9.17, 15) is 9.59 Å². The Hall–Kier alpha value is -3.74. The molecule has 1 unspecified atom stereocenters. The fraction of sp³-hybridized carbons (Fsp3) is 0.280. The molecule has 7 nitrogen and oxygen atoms in total. The molecule has 3 heterocycles. The van der Waals surface area contributed by atoms with Crippen molar-refractivity contribution in [3.63, 3.8) is 0 Å². The van der Waals surface area contributed by atoms with Gasteiger partial charge in [0.2, 0.25) is 5.91 Å². The minimum absolute atomic E-state index is 0.0177. The number of rotatable bonds is 4. The second-order valence-corrected chi connectivity index (χ2v) is 8.20. The van der Waals surface area contributed by atoms with Gasteiger partial charge < -0.3 is 9.64 Å². The summed E-state index contributed by atoms with van der Waals surface area (Å²) in [5, 5.41) is 0. The monoisotopic (exact) mass is 428 g/mol. The van der Waals surface area contributed by atoms with Crippen LogP contribution in [0.2, 0.25) is 0 Å². The quantitative estimate of drug-likeness (QED) is 0.626. The van der Waals surface area contributed by atoms with Crippen LogP contribution in [0.3, 0.4) is 0 Å². The predicted molar refractivity (Wildman–Crippen MR) is 120 cm³/mol. The van der Waals surface area contributed by atoms with E-state index >= 15 is 0 Å². The molecule has 2 aromatic carbocycles. The van der Waals surface area contributed by atoms with Crippen molar-refractivity contribution in [2.75, 3.05) is 18.5 Å². The normalized spacial score (nSPS) is 17.6. The molecule has 0 radical (unpaired) electrons. The lowest BCUT2D eigenvalue weighted by molar-refractivity contribution is -0.117. The molecule has 1 aromatic heterocycles. The Labute approximate surface area is 186 Å². The number of benzene rings is 2. The second kappa shape index (κ2) is 8.07. The molecule has 0 bridgehead atoms. The van der Waals surface area contributed by atoms with E-state index in [4.69, 9.17) is 9.72 Å². The number of carbonyl (C=O) groups is 2. The van der Waals surface area contributed by atoms with Crippen molar-refractivity contribution in [3.8, 4) is 11.5 Å². The Morgan fingerprint density at radius 1 is 1.06 bits per heavy atom. The maximum absolute atomic E-state index is 13.4. The molecule has 5 rings (SSSR count). The number of carbonyl (C=O) groups excluding carboxylic acids is 2. The van der Waals surface area contributed by atoms with E-state index in [1.807, 2.05) is 54.3 Å². The zero-order chi connectivity index (χ0) is 22.2. The van der Waals surface area contributed by atoms with Crippen molar-refractivity contribution in [1.29, 1.82) is 0 Å². The van der Waals surface area contributed by atoms with Crippen LogP contribution in [0.5, 0.6) is 11.5 Å². The first-order valence-corrected chi connectivity index (χ1v) is 10.8. The molecule has 2 amide bonds. The number of aryl methyl sites for hydroxylation is 1. The third-order valence-corrected chi connectivity index (χ3v) is 6.10. The van der Waals surface area contributed by atoms with E-state index in [1.165, 1.54) is 0 Å². The first kappa shape index (κ1) is 20.2. The van der Waals surface area contributed by atoms with Crippen LogP contribution in [-0.2, 0) is 11.2 Å². The molecule has 1 saturated heterocycles. The molecule has 2 aliphatic heterocycles. The van der Waals surface area contributed by atoms with Crippen molar-refractivity contribution in [2.45, 2.75) is 32.2 Å². The standard InChI is InChI=1S/C25H24N4O3/c1-16-20-15-22(30)28(2)24(20)27-23(26-16)21-12-7-13-29(21)25(31)17-8-6-11-19(14-17)32-18-9-4-3-5-10-18/h3-6,8-11,14,21H,7,12-13,15H2,1-2H3. The summed E-state index contributed by atoms with van der Waals surface area (Å²) >= 11 is 0. The van der Waals surface area contributed by atoms with Gasteiger partial charge in [0.05, 0.1) is 12.5 Å². The van der Waals surface area contributed by atoms with Crippen LogP contribution in [0.1, 0.15) is 46.3 Å². The highest BCUT2D eigenvalue weighted by Gasteiger charge is 2.35. The Morgan fingerprint density at radius 2 is 1.84 bits per heavy atom. The number of anilines is 1. The van der Waals surface area contributed by atoms with Gasteiger partial charge in [-0.25, -0.2) is 9.97 Å². The molecule has 3 aromatic rings. The summed E-state index contributed by atoms with van der Waals surface area (Å²) in [4.78, 5) is 38.3. The molecule has 0 aliphatic carbocycles. The molecule has 0 saturated carbocycles. The van der Waals surface area contributed by atoms with Crippen molar-refractivity contribution in [2.24, 2.45) is 0 Å². The maximum Gasteiger partial charge on any atom is 0.254 e. The summed E-state index contributed by atoms with van der Waals surface area (Å²) < 4.78 is 5.90. The van der Waals surface area contributed by atoms with Gasteiger partial charge in [-0.05, 0) is 50.1 Å². The van der Waals surface area contributed by atoms with Crippen LogP contribution < -0.4 is 9.64 Å². The molecular weight excluding hydrogens is 404 g/mol. The first-order chi connectivity index (χ1) is 15.5. The number of aromatic nitrogens is 2. The molecule has 0 N–H and O–H groups in total. The van der Waals surface area contributed by atoms with Crippen molar-refractivity contribution >= 4 is 17.6 Å². The van der Waals surface area contributed by atoms with Crippen LogP contribution in [0.25, 0.3) is 0 Å². The van der Waals surface area contributed by atoms with Gasteiger partial charge in [0.25, 0.3) is 5.91 Å². The summed E-state index contributed by atoms with van der Waals surface area (Å²) in [7, 11) is 1.74. The highest BCUT2D eigenvalue weighted by molar-refractivity contribution is 6.00. The Balaban J connectivity index is 1.41. The van der Waals surface area contributed by atoms with Crippen LogP contribution in [-0.4, -0.2) is 40.3 Å². The van der Waals surface area contributed by atoms with Crippen LogP contribution in [0, 0.1) is 6.92 Å². The second-order valence-electron chi connectivity index (χ2n) is 8.20. The summed E-state index contributed by atoms with van der Waals surface area (Å²) in [6, 6.07) is 16.5. The maximum atomic E-state index is 13.4. The predicted octanol–water partition coefficient (Wildman–Crippen LogP) is 4.07. The van der Waals surface area contributed by atoms with Gasteiger partial charge >= 0.3 is 0 Å². The molecule has 32 heavy (non-hydrogen) atoms. The Morgan fingerprint density at radius 3 is 2.66 bits per heavy atom. The lowest BCUT2D eigenvalue weighted by Crippen LogP contribution is -2.32. The molecule has 2 aliphatic rings. The number of likely N-dealkylation sites (N-methyl/N-ethyl adjacent to an activating group) is 1. The van der Waals surface area contributed by atoms with E-state index in [2.05, 4.69) is 4.98 Å². The molecule has 1 fully saturated rings. The van der Waals surface area contributed by atoms with Gasteiger partial charge in [-0.2, -0.15) is 0 Å². The highest BCUT2D eigenvalue weighted by Crippen LogP contribution is 2.35. The molecule has 1 atom stereocenters. The molecular formula is C25H24N4O3. The van der Waals surface area contributed by atoms with Gasteiger partial charge in [0.15, 0.2) is 5.82 Å². The number of fused-ring (bicyclic) bond motifs is 1. The fourth-order valence-electron chi connectivity index (χ4n) is 4.38. The average Bonchev–Trinajstić information content (AvgIpc) is 3.40. The minimum Gasteiger partial charge on any atom is -0.457 e. The third-order valence-electron chi connectivity index (χ3n) is 6.10. The third kappa shape index (κ3) is 3.60. The van der Waals surface area contributed by atoms with Gasteiger partial charge in [-0.15, -0.1) is 0 Å². The zero-order valence-corrected chi connectivity index (χ0v) is 18.1. The summed E-state index contributed by atoms with van der Waals surface area (Å²) in [6.07, 6.45) is 2.01. The van der Waals surface area contributed by atoms with E-state index in [1.54, 1.807) is 24.1 Å². The molecule has 162 valence electrons.